The molecule has 0 spiro atoms. The number of hydrogen-bond acceptors (Lipinski definition) is 4. The highest BCUT2D eigenvalue weighted by atomic mass is 32.2. The van der Waals surface area contributed by atoms with Crippen molar-refractivity contribution in [2.24, 2.45) is 0 Å². The fraction of sp³-hybridized carbons (Fsp3) is 0.111. The van der Waals surface area contributed by atoms with Crippen molar-refractivity contribution in [3.8, 4) is 0 Å². The van der Waals surface area contributed by atoms with Crippen molar-refractivity contribution < 1.29 is 9.21 Å². The van der Waals surface area contributed by atoms with E-state index >= 15 is 0 Å². The maximum Gasteiger partial charge on any atom is 0.266 e. The molecule has 2 aromatic rings. The molecule has 1 atom stereocenters. The van der Waals surface area contributed by atoms with Gasteiger partial charge in [0.15, 0.2) is 0 Å². The van der Waals surface area contributed by atoms with Crippen LogP contribution in [0.3, 0.4) is 0 Å². The minimum absolute atomic E-state index is 0.0551. The smallest absolute Gasteiger partial charge is 0.266 e. The zero-order valence-corrected chi connectivity index (χ0v) is 14.1. The van der Waals surface area contributed by atoms with Crippen molar-refractivity contribution in [1.82, 2.24) is 4.90 Å². The summed E-state index contributed by atoms with van der Waals surface area (Å²) in [5.74, 6) is 0.690. The lowest BCUT2D eigenvalue weighted by Crippen LogP contribution is -2.30. The van der Waals surface area contributed by atoms with E-state index in [-0.39, 0.29) is 11.9 Å². The molecule has 0 N–H and O–H groups in total. The number of carbonyl (C=O) groups excluding carboxylic acids is 1. The molecule has 2 heterocycles. The van der Waals surface area contributed by atoms with E-state index in [4.69, 9.17) is 16.6 Å². The van der Waals surface area contributed by atoms with Gasteiger partial charge in [0.2, 0.25) is 0 Å². The third kappa shape index (κ3) is 3.46. The van der Waals surface area contributed by atoms with Gasteiger partial charge in [0.05, 0.1) is 17.2 Å². The van der Waals surface area contributed by atoms with Gasteiger partial charge in [0.1, 0.15) is 10.1 Å². The van der Waals surface area contributed by atoms with Crippen LogP contribution in [-0.4, -0.2) is 15.1 Å². The van der Waals surface area contributed by atoms with Gasteiger partial charge in [-0.1, -0.05) is 60.4 Å². The quantitative estimate of drug-likeness (QED) is 0.591. The number of thioether (sulfide) groups is 1. The second kappa shape index (κ2) is 6.98. The van der Waals surface area contributed by atoms with Crippen LogP contribution in [0.2, 0.25) is 0 Å². The standard InChI is InChI=1S/C18H15NO2S2/c1-13(14-7-3-2-4-8-14)19-17(20)16(23-18(19)22)11-5-9-15-10-6-12-21-15/h2-13H,1H3/b9-5+,16-11-. The number of furan rings is 1. The molecule has 5 heteroatoms. The molecular weight excluding hydrogens is 326 g/mol. The number of amides is 1. The van der Waals surface area contributed by atoms with Crippen molar-refractivity contribution in [2.75, 3.05) is 0 Å². The van der Waals surface area contributed by atoms with Crippen molar-refractivity contribution in [2.45, 2.75) is 13.0 Å². The zero-order chi connectivity index (χ0) is 16.2. The number of benzene rings is 1. The first-order chi connectivity index (χ1) is 11.2. The summed E-state index contributed by atoms with van der Waals surface area (Å²) in [6.45, 7) is 1.99. The van der Waals surface area contributed by atoms with Crippen LogP contribution in [-0.2, 0) is 4.79 Å². The Bertz CT molecular complexity index is 764. The van der Waals surface area contributed by atoms with Crippen molar-refractivity contribution in [3.05, 3.63) is 77.1 Å². The summed E-state index contributed by atoms with van der Waals surface area (Å²) in [5.41, 5.74) is 1.07. The monoisotopic (exact) mass is 341 g/mol. The first-order valence-electron chi connectivity index (χ1n) is 7.19. The van der Waals surface area contributed by atoms with Gasteiger partial charge < -0.3 is 4.42 Å². The normalized spacial score (nSPS) is 18.3. The van der Waals surface area contributed by atoms with Gasteiger partial charge in [-0.15, -0.1) is 0 Å². The van der Waals surface area contributed by atoms with Gasteiger partial charge in [0.25, 0.3) is 5.91 Å². The average Bonchev–Trinajstić information content (AvgIpc) is 3.17. The van der Waals surface area contributed by atoms with Crippen LogP contribution in [0, 0.1) is 0 Å². The molecule has 3 nitrogen and oxygen atoms in total. The largest absolute Gasteiger partial charge is 0.465 e. The minimum Gasteiger partial charge on any atom is -0.465 e. The van der Waals surface area contributed by atoms with Gasteiger partial charge in [-0.3, -0.25) is 9.69 Å². The highest BCUT2D eigenvalue weighted by Crippen LogP contribution is 2.36. The van der Waals surface area contributed by atoms with Crippen LogP contribution in [0.1, 0.15) is 24.3 Å². The van der Waals surface area contributed by atoms with Crippen LogP contribution in [0.4, 0.5) is 0 Å². The Labute approximate surface area is 144 Å². The number of rotatable bonds is 4. The zero-order valence-electron chi connectivity index (χ0n) is 12.5. The summed E-state index contributed by atoms with van der Waals surface area (Å²) in [4.78, 5) is 14.9. The highest BCUT2D eigenvalue weighted by Gasteiger charge is 2.35. The molecule has 1 fully saturated rings. The molecule has 1 aliphatic heterocycles. The van der Waals surface area contributed by atoms with Gasteiger partial charge >= 0.3 is 0 Å². The van der Waals surface area contributed by atoms with Crippen LogP contribution in [0.5, 0.6) is 0 Å². The number of thiocarbonyl (C=S) groups is 1. The predicted octanol–water partition coefficient (Wildman–Crippen LogP) is 4.80. The lowest BCUT2D eigenvalue weighted by Gasteiger charge is -2.23. The Hall–Kier alpha value is -2.11. The molecule has 1 amide bonds. The minimum atomic E-state index is -0.0800. The van der Waals surface area contributed by atoms with Crippen LogP contribution in [0.15, 0.2) is 70.2 Å². The number of hydrogen-bond donors (Lipinski definition) is 0. The first kappa shape index (κ1) is 15.8. The summed E-state index contributed by atoms with van der Waals surface area (Å²) in [6.07, 6.45) is 7.01. The molecule has 1 aromatic carbocycles. The molecule has 1 saturated heterocycles. The van der Waals surface area contributed by atoms with Crippen LogP contribution < -0.4 is 0 Å². The SMILES string of the molecule is CC(c1ccccc1)N1C(=O)/C(=C/C=C/c2ccco2)SC1=S. The summed E-state index contributed by atoms with van der Waals surface area (Å²) < 4.78 is 5.81. The van der Waals surface area contributed by atoms with Crippen molar-refractivity contribution >= 4 is 40.3 Å². The van der Waals surface area contributed by atoms with Crippen LogP contribution in [0.25, 0.3) is 6.08 Å². The molecule has 1 unspecified atom stereocenters. The first-order valence-corrected chi connectivity index (χ1v) is 8.41. The van der Waals surface area contributed by atoms with E-state index in [1.807, 2.05) is 55.5 Å². The molecule has 0 radical (unpaired) electrons. The molecule has 23 heavy (non-hydrogen) atoms. The number of allylic oxidation sites excluding steroid dienone is 2. The number of nitrogens with zero attached hydrogens (tertiary/aromatic N) is 1. The fourth-order valence-corrected chi connectivity index (χ4v) is 3.70. The van der Waals surface area contributed by atoms with Crippen molar-refractivity contribution in [1.29, 1.82) is 0 Å². The van der Waals surface area contributed by atoms with E-state index in [1.165, 1.54) is 11.8 Å². The van der Waals surface area contributed by atoms with Gasteiger partial charge in [-0.25, -0.2) is 0 Å². The third-order valence-corrected chi connectivity index (χ3v) is 4.89. The van der Waals surface area contributed by atoms with E-state index < -0.39 is 0 Å². The molecule has 0 saturated carbocycles. The van der Waals surface area contributed by atoms with Crippen LogP contribution >= 0.6 is 24.0 Å². The van der Waals surface area contributed by atoms with E-state index in [1.54, 1.807) is 23.3 Å². The summed E-state index contributed by atoms with van der Waals surface area (Å²) in [5, 5.41) is 0. The Morgan fingerprint density at radius 1 is 1.22 bits per heavy atom. The molecule has 0 aliphatic carbocycles. The maximum atomic E-state index is 12.6. The number of carbonyl (C=O) groups is 1. The average molecular weight is 341 g/mol. The molecule has 3 rings (SSSR count). The topological polar surface area (TPSA) is 33.5 Å². The fourth-order valence-electron chi connectivity index (χ4n) is 2.32. The van der Waals surface area contributed by atoms with E-state index in [2.05, 4.69) is 0 Å². The van der Waals surface area contributed by atoms with Gasteiger partial charge in [-0.05, 0) is 36.8 Å². The Kier molecular flexibility index (Phi) is 4.79. The Morgan fingerprint density at radius 3 is 2.70 bits per heavy atom. The summed E-state index contributed by atoms with van der Waals surface area (Å²) >= 11 is 6.71. The summed E-state index contributed by atoms with van der Waals surface area (Å²) in [6, 6.07) is 13.5. The lowest BCUT2D eigenvalue weighted by molar-refractivity contribution is -0.123. The Morgan fingerprint density at radius 2 is 2.00 bits per heavy atom. The summed E-state index contributed by atoms with van der Waals surface area (Å²) in [7, 11) is 0. The third-order valence-electron chi connectivity index (χ3n) is 3.54. The lowest BCUT2D eigenvalue weighted by atomic mass is 10.1. The second-order valence-electron chi connectivity index (χ2n) is 5.04. The Balaban J connectivity index is 1.77. The molecular formula is C18H15NO2S2. The second-order valence-corrected chi connectivity index (χ2v) is 6.71. The van der Waals surface area contributed by atoms with Gasteiger partial charge in [0, 0.05) is 0 Å². The van der Waals surface area contributed by atoms with E-state index in [0.717, 1.165) is 11.3 Å². The molecule has 1 aromatic heterocycles. The predicted molar refractivity (Wildman–Crippen MR) is 97.7 cm³/mol. The van der Waals surface area contributed by atoms with E-state index in [9.17, 15) is 4.79 Å². The maximum absolute atomic E-state index is 12.6. The highest BCUT2D eigenvalue weighted by molar-refractivity contribution is 8.26. The van der Waals surface area contributed by atoms with Gasteiger partial charge in [-0.2, -0.15) is 0 Å². The molecule has 0 bridgehead atoms. The van der Waals surface area contributed by atoms with E-state index in [0.29, 0.717) is 9.23 Å². The molecule has 1 aliphatic rings. The van der Waals surface area contributed by atoms with Crippen molar-refractivity contribution in [3.63, 3.8) is 0 Å². The molecule has 116 valence electrons.